The summed E-state index contributed by atoms with van der Waals surface area (Å²) >= 11 is 1.46. The molecule has 7 heteroatoms. The Hall–Kier alpha value is -2.64. The van der Waals surface area contributed by atoms with E-state index in [9.17, 15) is 4.79 Å². The maximum absolute atomic E-state index is 12.7. The molecule has 0 N–H and O–H groups in total. The van der Waals surface area contributed by atoms with Crippen molar-refractivity contribution < 1.29 is 19.0 Å². The van der Waals surface area contributed by atoms with Crippen LogP contribution in [0.1, 0.15) is 17.3 Å². The molecule has 0 bridgehead atoms. The molecule has 1 heterocycles. The molecular weight excluding hydrogens is 364 g/mol. The number of methoxy groups -OCH3 is 2. The minimum Gasteiger partial charge on any atom is -0.497 e. The van der Waals surface area contributed by atoms with E-state index in [2.05, 4.69) is 4.99 Å². The van der Waals surface area contributed by atoms with Crippen LogP contribution in [0, 0.1) is 0 Å². The third kappa shape index (κ3) is 4.20. The van der Waals surface area contributed by atoms with Gasteiger partial charge in [0.2, 0.25) is 0 Å². The van der Waals surface area contributed by atoms with Gasteiger partial charge in [-0.05, 0) is 43.3 Å². The van der Waals surface area contributed by atoms with Crippen LogP contribution in [0.25, 0.3) is 10.2 Å². The molecule has 0 unspecified atom stereocenters. The van der Waals surface area contributed by atoms with Gasteiger partial charge >= 0.3 is 0 Å². The summed E-state index contributed by atoms with van der Waals surface area (Å²) in [6, 6.07) is 12.8. The summed E-state index contributed by atoms with van der Waals surface area (Å²) in [6.45, 7) is 3.71. The number of ether oxygens (including phenoxy) is 3. The van der Waals surface area contributed by atoms with Crippen molar-refractivity contribution in [3.8, 4) is 11.5 Å². The Balaban J connectivity index is 2.06. The first-order valence-corrected chi connectivity index (χ1v) is 9.46. The maximum atomic E-state index is 12.7. The molecule has 0 spiro atoms. The Labute approximate surface area is 161 Å². The van der Waals surface area contributed by atoms with Crippen LogP contribution >= 0.6 is 11.3 Å². The molecule has 0 radical (unpaired) electrons. The lowest BCUT2D eigenvalue weighted by atomic mass is 10.2. The van der Waals surface area contributed by atoms with Gasteiger partial charge in [-0.2, -0.15) is 4.99 Å². The van der Waals surface area contributed by atoms with Gasteiger partial charge in [0.25, 0.3) is 5.91 Å². The van der Waals surface area contributed by atoms with E-state index >= 15 is 0 Å². The fourth-order valence-electron chi connectivity index (χ4n) is 2.74. The standard InChI is InChI=1S/C20H22N2O4S/c1-4-26-13-12-22-18-16(25-3)6-5-7-17(18)27-20(22)21-19(23)14-8-10-15(24-2)11-9-14/h5-11H,4,12-13H2,1-3H3. The van der Waals surface area contributed by atoms with Crippen molar-refractivity contribution in [1.29, 1.82) is 0 Å². The fourth-order valence-corrected chi connectivity index (χ4v) is 3.81. The molecule has 0 fully saturated rings. The van der Waals surface area contributed by atoms with Crippen molar-refractivity contribution in [3.05, 3.63) is 52.8 Å². The zero-order chi connectivity index (χ0) is 19.2. The van der Waals surface area contributed by atoms with E-state index in [4.69, 9.17) is 14.2 Å². The lowest BCUT2D eigenvalue weighted by Crippen LogP contribution is -2.20. The van der Waals surface area contributed by atoms with E-state index < -0.39 is 0 Å². The van der Waals surface area contributed by atoms with Crippen molar-refractivity contribution in [1.82, 2.24) is 4.57 Å². The predicted molar refractivity (Wildman–Crippen MR) is 106 cm³/mol. The van der Waals surface area contributed by atoms with Crippen molar-refractivity contribution in [2.45, 2.75) is 13.5 Å². The molecular formula is C20H22N2O4S. The van der Waals surface area contributed by atoms with Crippen molar-refractivity contribution >= 4 is 27.5 Å². The Kier molecular flexibility index (Phi) is 6.26. The fraction of sp³-hybridized carbons (Fsp3) is 0.300. The second kappa shape index (κ2) is 8.83. The van der Waals surface area contributed by atoms with Crippen LogP contribution in [0.5, 0.6) is 11.5 Å². The van der Waals surface area contributed by atoms with Crippen molar-refractivity contribution in [2.75, 3.05) is 27.4 Å². The predicted octanol–water partition coefficient (Wildman–Crippen LogP) is 3.50. The zero-order valence-corrected chi connectivity index (χ0v) is 16.4. The van der Waals surface area contributed by atoms with Crippen LogP contribution in [0.4, 0.5) is 0 Å². The summed E-state index contributed by atoms with van der Waals surface area (Å²) < 4.78 is 19.1. The highest BCUT2D eigenvalue weighted by atomic mass is 32.1. The van der Waals surface area contributed by atoms with E-state index in [-0.39, 0.29) is 5.91 Å². The summed E-state index contributed by atoms with van der Waals surface area (Å²) in [5, 5.41) is 0. The van der Waals surface area contributed by atoms with Gasteiger partial charge < -0.3 is 18.8 Å². The summed E-state index contributed by atoms with van der Waals surface area (Å²) in [5.41, 5.74) is 1.43. The van der Waals surface area contributed by atoms with Gasteiger partial charge in [-0.3, -0.25) is 4.79 Å². The quantitative estimate of drug-likeness (QED) is 0.583. The monoisotopic (exact) mass is 386 g/mol. The Morgan fingerprint density at radius 2 is 1.89 bits per heavy atom. The minimum atomic E-state index is -0.298. The van der Waals surface area contributed by atoms with E-state index in [0.29, 0.717) is 35.9 Å². The first kappa shape index (κ1) is 19.1. The van der Waals surface area contributed by atoms with E-state index in [0.717, 1.165) is 16.0 Å². The third-order valence-electron chi connectivity index (χ3n) is 4.08. The van der Waals surface area contributed by atoms with Crippen LogP contribution in [0.3, 0.4) is 0 Å². The SMILES string of the molecule is CCOCCn1c(=NC(=O)c2ccc(OC)cc2)sc2cccc(OC)c21. The number of hydrogen-bond acceptors (Lipinski definition) is 5. The van der Waals surface area contributed by atoms with Gasteiger partial charge in [-0.15, -0.1) is 0 Å². The summed E-state index contributed by atoms with van der Waals surface area (Å²) in [7, 11) is 3.23. The minimum absolute atomic E-state index is 0.298. The highest BCUT2D eigenvalue weighted by Crippen LogP contribution is 2.27. The number of nitrogens with zero attached hydrogens (tertiary/aromatic N) is 2. The third-order valence-corrected chi connectivity index (χ3v) is 5.13. The normalized spacial score (nSPS) is 11.7. The number of hydrogen-bond donors (Lipinski definition) is 0. The molecule has 3 aromatic rings. The molecule has 1 amide bonds. The first-order valence-electron chi connectivity index (χ1n) is 8.65. The van der Waals surface area contributed by atoms with E-state index in [1.165, 1.54) is 11.3 Å². The molecule has 142 valence electrons. The van der Waals surface area contributed by atoms with Crippen LogP contribution in [0.2, 0.25) is 0 Å². The Morgan fingerprint density at radius 1 is 1.11 bits per heavy atom. The highest BCUT2D eigenvalue weighted by molar-refractivity contribution is 7.16. The van der Waals surface area contributed by atoms with Crippen LogP contribution in [0.15, 0.2) is 47.5 Å². The van der Waals surface area contributed by atoms with Gasteiger partial charge in [-0.1, -0.05) is 17.4 Å². The van der Waals surface area contributed by atoms with Gasteiger partial charge in [0.1, 0.15) is 17.0 Å². The number of para-hydroxylation sites is 1. The maximum Gasteiger partial charge on any atom is 0.279 e. The summed E-state index contributed by atoms with van der Waals surface area (Å²) in [5.74, 6) is 1.15. The molecule has 0 atom stereocenters. The Morgan fingerprint density at radius 3 is 2.56 bits per heavy atom. The van der Waals surface area contributed by atoms with Crippen LogP contribution in [-0.2, 0) is 11.3 Å². The van der Waals surface area contributed by atoms with Crippen molar-refractivity contribution in [2.24, 2.45) is 4.99 Å². The molecule has 2 aromatic carbocycles. The number of rotatable bonds is 7. The molecule has 3 rings (SSSR count). The van der Waals surface area contributed by atoms with E-state index in [1.807, 2.05) is 29.7 Å². The molecule has 0 aliphatic carbocycles. The van der Waals surface area contributed by atoms with Crippen LogP contribution in [-0.4, -0.2) is 37.9 Å². The Bertz CT molecular complexity index is 989. The number of amides is 1. The summed E-state index contributed by atoms with van der Waals surface area (Å²) in [4.78, 5) is 17.6. The molecule has 0 aliphatic rings. The molecule has 27 heavy (non-hydrogen) atoms. The van der Waals surface area contributed by atoms with Gasteiger partial charge in [0, 0.05) is 18.7 Å². The van der Waals surface area contributed by atoms with Gasteiger partial charge in [0.05, 0.1) is 25.5 Å². The largest absolute Gasteiger partial charge is 0.497 e. The topological polar surface area (TPSA) is 62.1 Å². The summed E-state index contributed by atoms with van der Waals surface area (Å²) in [6.07, 6.45) is 0. The molecule has 6 nitrogen and oxygen atoms in total. The average molecular weight is 386 g/mol. The van der Waals surface area contributed by atoms with Gasteiger partial charge in [0.15, 0.2) is 4.80 Å². The number of carbonyl (C=O) groups is 1. The smallest absolute Gasteiger partial charge is 0.279 e. The van der Waals surface area contributed by atoms with Crippen LogP contribution < -0.4 is 14.3 Å². The second-order valence-electron chi connectivity index (χ2n) is 5.69. The van der Waals surface area contributed by atoms with E-state index in [1.54, 1.807) is 38.5 Å². The average Bonchev–Trinajstić information content (AvgIpc) is 3.05. The number of fused-ring (bicyclic) bond motifs is 1. The molecule has 1 aromatic heterocycles. The zero-order valence-electron chi connectivity index (χ0n) is 15.6. The van der Waals surface area contributed by atoms with Gasteiger partial charge in [-0.25, -0.2) is 0 Å². The lowest BCUT2D eigenvalue weighted by Gasteiger charge is -2.08. The second-order valence-corrected chi connectivity index (χ2v) is 6.69. The number of thiazole rings is 1. The molecule has 0 saturated carbocycles. The first-order chi connectivity index (χ1) is 13.2. The highest BCUT2D eigenvalue weighted by Gasteiger charge is 2.13. The molecule has 0 saturated heterocycles. The number of carbonyl (C=O) groups excluding carboxylic acids is 1. The van der Waals surface area contributed by atoms with Crippen molar-refractivity contribution in [3.63, 3.8) is 0 Å². The number of aromatic nitrogens is 1. The molecule has 0 aliphatic heterocycles. The number of benzene rings is 2. The lowest BCUT2D eigenvalue weighted by molar-refractivity contribution is 0.0996.